The van der Waals surface area contributed by atoms with Crippen molar-refractivity contribution in [2.75, 3.05) is 25.7 Å². The Morgan fingerprint density at radius 1 is 1.07 bits per heavy atom. The van der Waals surface area contributed by atoms with Crippen molar-refractivity contribution in [1.82, 2.24) is 5.32 Å². The summed E-state index contributed by atoms with van der Waals surface area (Å²) in [5, 5.41) is 3.27. The summed E-state index contributed by atoms with van der Waals surface area (Å²) in [5.74, 6) is 1.45. The lowest BCUT2D eigenvalue weighted by atomic mass is 10.1. The predicted octanol–water partition coefficient (Wildman–Crippen LogP) is 3.36. The summed E-state index contributed by atoms with van der Waals surface area (Å²) in [5.41, 5.74) is 1.65. The van der Waals surface area contributed by atoms with Crippen LogP contribution in [0.4, 0.5) is 5.69 Å². The summed E-state index contributed by atoms with van der Waals surface area (Å²) < 4.78 is 16.4. The number of nitrogens with one attached hydrogen (secondary N) is 1. The molecule has 7 heteroatoms. The highest BCUT2D eigenvalue weighted by Gasteiger charge is 2.34. The molecule has 0 aliphatic carbocycles. The first-order chi connectivity index (χ1) is 13.1. The van der Waals surface area contributed by atoms with Crippen molar-refractivity contribution in [3.63, 3.8) is 0 Å². The molecular weight excluding hydrogens is 364 g/mol. The molecule has 3 rings (SSSR count). The number of hydrogen-bond acceptors (Lipinski definition) is 5. The highest BCUT2D eigenvalue weighted by atomic mass is 32.1. The first kappa shape index (κ1) is 18.7. The molecule has 0 atom stereocenters. The van der Waals surface area contributed by atoms with E-state index in [-0.39, 0.29) is 5.91 Å². The molecule has 1 N–H and O–H groups in total. The van der Waals surface area contributed by atoms with Crippen LogP contribution in [0.1, 0.15) is 12.5 Å². The minimum Gasteiger partial charge on any atom is -0.493 e. The van der Waals surface area contributed by atoms with Crippen LogP contribution in [0, 0.1) is 0 Å². The third-order valence-electron chi connectivity index (χ3n) is 4.02. The van der Waals surface area contributed by atoms with Crippen LogP contribution >= 0.6 is 12.2 Å². The molecule has 27 heavy (non-hydrogen) atoms. The van der Waals surface area contributed by atoms with Gasteiger partial charge in [-0.3, -0.25) is 4.79 Å². The maximum Gasteiger partial charge on any atom is 0.281 e. The van der Waals surface area contributed by atoms with Crippen molar-refractivity contribution in [2.24, 2.45) is 0 Å². The highest BCUT2D eigenvalue weighted by molar-refractivity contribution is 7.80. The van der Waals surface area contributed by atoms with Crippen LogP contribution in [0.2, 0.25) is 0 Å². The fraction of sp³-hybridized carbons (Fsp3) is 0.200. The molecule has 2 aromatic rings. The summed E-state index contributed by atoms with van der Waals surface area (Å²) in [7, 11) is 3.12. The zero-order valence-electron chi connectivity index (χ0n) is 15.3. The molecule has 1 aliphatic heterocycles. The monoisotopic (exact) mass is 384 g/mol. The lowest BCUT2D eigenvalue weighted by Gasteiger charge is -2.18. The van der Waals surface area contributed by atoms with E-state index in [0.29, 0.717) is 45.9 Å². The number of rotatable bonds is 6. The van der Waals surface area contributed by atoms with E-state index < -0.39 is 0 Å². The van der Waals surface area contributed by atoms with Gasteiger partial charge in [-0.1, -0.05) is 24.3 Å². The summed E-state index contributed by atoms with van der Waals surface area (Å²) in [6.07, 6.45) is 1.69. The lowest BCUT2D eigenvalue weighted by Crippen LogP contribution is -2.30. The Hall–Kier alpha value is -3.06. The quantitative estimate of drug-likeness (QED) is 0.609. The van der Waals surface area contributed by atoms with E-state index in [9.17, 15) is 4.79 Å². The predicted molar refractivity (Wildman–Crippen MR) is 108 cm³/mol. The molecule has 0 aromatic heterocycles. The topological polar surface area (TPSA) is 60.0 Å². The van der Waals surface area contributed by atoms with Crippen LogP contribution < -0.4 is 24.4 Å². The van der Waals surface area contributed by atoms with Gasteiger partial charge < -0.3 is 19.5 Å². The minimum atomic E-state index is -0.267. The zero-order valence-corrected chi connectivity index (χ0v) is 16.1. The molecule has 0 bridgehead atoms. The molecule has 0 radical (unpaired) electrons. The Bertz CT molecular complexity index is 911. The second kappa shape index (κ2) is 8.09. The van der Waals surface area contributed by atoms with E-state index in [4.69, 9.17) is 26.4 Å². The van der Waals surface area contributed by atoms with Crippen LogP contribution in [0.3, 0.4) is 0 Å². The number of hydrogen-bond donors (Lipinski definition) is 1. The molecule has 1 saturated heterocycles. The third kappa shape index (κ3) is 3.59. The van der Waals surface area contributed by atoms with Crippen LogP contribution in [-0.4, -0.2) is 31.8 Å². The molecule has 1 heterocycles. The minimum absolute atomic E-state index is 0.267. The van der Waals surface area contributed by atoms with Gasteiger partial charge in [-0.25, -0.2) is 4.90 Å². The van der Waals surface area contributed by atoms with Crippen molar-refractivity contribution in [1.29, 1.82) is 0 Å². The fourth-order valence-corrected chi connectivity index (χ4v) is 3.15. The second-order valence-corrected chi connectivity index (χ2v) is 6.00. The summed E-state index contributed by atoms with van der Waals surface area (Å²) in [6.45, 7) is 2.38. The smallest absolute Gasteiger partial charge is 0.281 e. The standard InChI is InChI=1S/C20H20N2O4S/c1-4-26-16-10-6-5-9-15(16)22-19(23)14(21-20(22)27)12-13-8-7-11-17(24-2)18(13)25-3/h5-12H,4H2,1-3H3,(H,21,27)/b14-12+. The normalized spacial score (nSPS) is 15.1. The Morgan fingerprint density at radius 2 is 1.81 bits per heavy atom. The maximum atomic E-state index is 13.0. The maximum absolute atomic E-state index is 13.0. The van der Waals surface area contributed by atoms with Gasteiger partial charge in [-0.2, -0.15) is 0 Å². The van der Waals surface area contributed by atoms with E-state index >= 15 is 0 Å². The SMILES string of the molecule is CCOc1ccccc1N1C(=O)/C(=C\c2cccc(OC)c2OC)NC1=S. The van der Waals surface area contributed by atoms with Gasteiger partial charge in [0.05, 0.1) is 26.5 Å². The van der Waals surface area contributed by atoms with Gasteiger partial charge in [-0.05, 0) is 43.4 Å². The number of ether oxygens (including phenoxy) is 3. The highest BCUT2D eigenvalue weighted by Crippen LogP contribution is 2.34. The number of amides is 1. The Labute approximate surface area is 163 Å². The van der Waals surface area contributed by atoms with Crippen LogP contribution in [-0.2, 0) is 4.79 Å². The fourth-order valence-electron chi connectivity index (χ4n) is 2.85. The van der Waals surface area contributed by atoms with Crippen molar-refractivity contribution in [2.45, 2.75) is 6.92 Å². The van der Waals surface area contributed by atoms with Crippen LogP contribution in [0.5, 0.6) is 17.2 Å². The van der Waals surface area contributed by atoms with Crippen molar-refractivity contribution < 1.29 is 19.0 Å². The Morgan fingerprint density at radius 3 is 2.52 bits per heavy atom. The molecule has 0 spiro atoms. The van der Waals surface area contributed by atoms with E-state index in [0.717, 1.165) is 0 Å². The summed E-state index contributed by atoms with van der Waals surface area (Å²) in [6, 6.07) is 12.7. The molecular formula is C20H20N2O4S. The van der Waals surface area contributed by atoms with Crippen LogP contribution in [0.25, 0.3) is 6.08 Å². The number of thiocarbonyl (C=S) groups is 1. The Kier molecular flexibility index (Phi) is 5.61. The number of methoxy groups -OCH3 is 2. The van der Waals surface area contributed by atoms with Gasteiger partial charge in [0.1, 0.15) is 11.4 Å². The molecule has 0 unspecified atom stereocenters. The first-order valence-corrected chi connectivity index (χ1v) is 8.81. The van der Waals surface area contributed by atoms with Gasteiger partial charge in [-0.15, -0.1) is 0 Å². The van der Waals surface area contributed by atoms with E-state index in [2.05, 4.69) is 5.32 Å². The van der Waals surface area contributed by atoms with Gasteiger partial charge >= 0.3 is 0 Å². The molecule has 1 amide bonds. The average molecular weight is 384 g/mol. The summed E-state index contributed by atoms with van der Waals surface area (Å²) >= 11 is 5.39. The average Bonchev–Trinajstić information content (AvgIpc) is 2.95. The van der Waals surface area contributed by atoms with E-state index in [1.54, 1.807) is 32.4 Å². The van der Waals surface area contributed by atoms with E-state index in [1.165, 1.54) is 4.90 Å². The first-order valence-electron chi connectivity index (χ1n) is 8.40. The number of anilines is 1. The van der Waals surface area contributed by atoms with Crippen molar-refractivity contribution in [3.8, 4) is 17.2 Å². The van der Waals surface area contributed by atoms with Gasteiger partial charge in [0.25, 0.3) is 5.91 Å². The number of para-hydroxylation sites is 3. The van der Waals surface area contributed by atoms with Crippen molar-refractivity contribution >= 4 is 35.0 Å². The molecule has 1 fully saturated rings. The number of carbonyl (C=O) groups excluding carboxylic acids is 1. The largest absolute Gasteiger partial charge is 0.493 e. The van der Waals surface area contributed by atoms with E-state index in [1.807, 2.05) is 37.3 Å². The number of benzene rings is 2. The molecule has 6 nitrogen and oxygen atoms in total. The lowest BCUT2D eigenvalue weighted by molar-refractivity contribution is -0.113. The Balaban J connectivity index is 1.99. The molecule has 0 saturated carbocycles. The zero-order chi connectivity index (χ0) is 19.4. The van der Waals surface area contributed by atoms with Gasteiger partial charge in [0.2, 0.25) is 0 Å². The second-order valence-electron chi connectivity index (χ2n) is 5.61. The molecule has 140 valence electrons. The third-order valence-corrected chi connectivity index (χ3v) is 4.30. The number of nitrogens with zero attached hydrogens (tertiary/aromatic N) is 1. The van der Waals surface area contributed by atoms with Gasteiger partial charge in [0.15, 0.2) is 16.6 Å². The molecule has 2 aromatic carbocycles. The van der Waals surface area contributed by atoms with Gasteiger partial charge in [0, 0.05) is 5.56 Å². The number of carbonyl (C=O) groups is 1. The molecule has 1 aliphatic rings. The summed E-state index contributed by atoms with van der Waals surface area (Å²) in [4.78, 5) is 14.4. The van der Waals surface area contributed by atoms with Crippen LogP contribution in [0.15, 0.2) is 48.2 Å². The van der Waals surface area contributed by atoms with Crippen molar-refractivity contribution in [3.05, 3.63) is 53.7 Å².